The molecule has 0 saturated carbocycles. The Kier molecular flexibility index (Phi) is 5.19. The van der Waals surface area contributed by atoms with E-state index in [1.165, 1.54) is 16.7 Å². The Hall–Kier alpha value is -1.88. The van der Waals surface area contributed by atoms with Crippen LogP contribution in [0.5, 0.6) is 0 Å². The standard InChI is InChI=1S/C17H23NO4/c1-12-3-4-14(13(2)11-12)5-8-18-15(19)17(16(20)21)6-9-22-10-7-17/h3-4,11H,5-10H2,1-2H3,(H,18,19)(H,20,21). The molecule has 2 rings (SSSR count). The van der Waals surface area contributed by atoms with Crippen molar-refractivity contribution in [2.45, 2.75) is 33.1 Å². The summed E-state index contributed by atoms with van der Waals surface area (Å²) in [5.74, 6) is -1.45. The molecule has 0 bridgehead atoms. The van der Waals surface area contributed by atoms with Crippen molar-refractivity contribution >= 4 is 11.9 Å². The fraction of sp³-hybridized carbons (Fsp3) is 0.529. The lowest BCUT2D eigenvalue weighted by atomic mass is 9.79. The highest BCUT2D eigenvalue weighted by atomic mass is 16.5. The van der Waals surface area contributed by atoms with Crippen molar-refractivity contribution in [3.63, 3.8) is 0 Å². The second kappa shape index (κ2) is 6.92. The van der Waals surface area contributed by atoms with E-state index in [2.05, 4.69) is 17.4 Å². The first kappa shape index (κ1) is 16.5. The van der Waals surface area contributed by atoms with Crippen LogP contribution in [-0.2, 0) is 20.7 Å². The lowest BCUT2D eigenvalue weighted by Gasteiger charge is -2.31. The molecule has 0 radical (unpaired) electrons. The number of amides is 1. The number of carbonyl (C=O) groups is 2. The van der Waals surface area contributed by atoms with Gasteiger partial charge < -0.3 is 15.2 Å². The highest BCUT2D eigenvalue weighted by molar-refractivity contribution is 6.02. The number of aryl methyl sites for hydroxylation is 2. The molecule has 1 aromatic rings. The summed E-state index contributed by atoms with van der Waals surface area (Å²) >= 11 is 0. The minimum Gasteiger partial charge on any atom is -0.480 e. The van der Waals surface area contributed by atoms with Gasteiger partial charge in [0.15, 0.2) is 5.41 Å². The molecule has 1 aliphatic heterocycles. The predicted molar refractivity (Wildman–Crippen MR) is 82.8 cm³/mol. The van der Waals surface area contributed by atoms with E-state index in [4.69, 9.17) is 4.74 Å². The van der Waals surface area contributed by atoms with Crippen molar-refractivity contribution in [3.8, 4) is 0 Å². The van der Waals surface area contributed by atoms with Crippen LogP contribution in [0, 0.1) is 19.3 Å². The van der Waals surface area contributed by atoms with Crippen LogP contribution in [0.25, 0.3) is 0 Å². The molecule has 0 unspecified atom stereocenters. The minimum atomic E-state index is -1.33. The molecular formula is C17H23NO4. The monoisotopic (exact) mass is 305 g/mol. The average molecular weight is 305 g/mol. The van der Waals surface area contributed by atoms with E-state index < -0.39 is 17.3 Å². The molecule has 1 aliphatic rings. The number of hydrogen-bond acceptors (Lipinski definition) is 3. The topological polar surface area (TPSA) is 75.6 Å². The van der Waals surface area contributed by atoms with Crippen molar-refractivity contribution in [1.82, 2.24) is 5.32 Å². The van der Waals surface area contributed by atoms with Crippen LogP contribution >= 0.6 is 0 Å². The highest BCUT2D eigenvalue weighted by Gasteiger charge is 2.47. The maximum atomic E-state index is 12.3. The van der Waals surface area contributed by atoms with Crippen molar-refractivity contribution in [3.05, 3.63) is 34.9 Å². The molecule has 0 spiro atoms. The van der Waals surface area contributed by atoms with Gasteiger partial charge in [0.2, 0.25) is 5.91 Å². The van der Waals surface area contributed by atoms with Gasteiger partial charge in [-0.1, -0.05) is 23.8 Å². The second-order valence-electron chi connectivity index (χ2n) is 5.94. The molecule has 0 atom stereocenters. The number of aliphatic carboxylic acids is 1. The summed E-state index contributed by atoms with van der Waals surface area (Å²) in [6.07, 6.45) is 1.17. The molecule has 5 heteroatoms. The molecule has 22 heavy (non-hydrogen) atoms. The number of carbonyl (C=O) groups excluding carboxylic acids is 1. The second-order valence-corrected chi connectivity index (χ2v) is 5.94. The first-order valence-electron chi connectivity index (χ1n) is 7.61. The molecule has 1 fully saturated rings. The maximum Gasteiger partial charge on any atom is 0.319 e. The summed E-state index contributed by atoms with van der Waals surface area (Å²) < 4.78 is 5.18. The van der Waals surface area contributed by atoms with Gasteiger partial charge in [-0.2, -0.15) is 0 Å². The molecule has 1 aromatic carbocycles. The zero-order valence-corrected chi connectivity index (χ0v) is 13.1. The van der Waals surface area contributed by atoms with Crippen molar-refractivity contribution in [1.29, 1.82) is 0 Å². The third-order valence-electron chi connectivity index (χ3n) is 4.37. The summed E-state index contributed by atoms with van der Waals surface area (Å²) in [5.41, 5.74) is 2.23. The fourth-order valence-electron chi connectivity index (χ4n) is 2.86. The predicted octanol–water partition coefficient (Wildman–Crippen LogP) is 1.84. The van der Waals surface area contributed by atoms with E-state index in [9.17, 15) is 14.7 Å². The number of nitrogens with one attached hydrogen (secondary N) is 1. The molecule has 1 heterocycles. The van der Waals surface area contributed by atoms with E-state index in [1.807, 2.05) is 19.9 Å². The average Bonchev–Trinajstić information content (AvgIpc) is 2.49. The molecular weight excluding hydrogens is 282 g/mol. The highest BCUT2D eigenvalue weighted by Crippen LogP contribution is 2.31. The molecule has 2 N–H and O–H groups in total. The molecule has 1 saturated heterocycles. The molecule has 1 amide bonds. The van der Waals surface area contributed by atoms with E-state index in [0.29, 0.717) is 26.2 Å². The summed E-state index contributed by atoms with van der Waals surface area (Å²) in [7, 11) is 0. The van der Waals surface area contributed by atoms with E-state index in [0.717, 1.165) is 0 Å². The number of ether oxygens (including phenoxy) is 1. The van der Waals surface area contributed by atoms with Crippen LogP contribution in [-0.4, -0.2) is 36.7 Å². The lowest BCUT2D eigenvalue weighted by Crippen LogP contribution is -2.50. The Bertz CT molecular complexity index is 562. The number of rotatable bonds is 5. The van der Waals surface area contributed by atoms with Crippen molar-refractivity contribution in [2.24, 2.45) is 5.41 Å². The number of hydrogen-bond donors (Lipinski definition) is 2. The molecule has 5 nitrogen and oxygen atoms in total. The van der Waals surface area contributed by atoms with Gasteiger partial charge >= 0.3 is 5.97 Å². The van der Waals surface area contributed by atoms with Gasteiger partial charge in [-0.05, 0) is 44.2 Å². The van der Waals surface area contributed by atoms with Crippen LogP contribution in [0.4, 0.5) is 0 Å². The van der Waals surface area contributed by atoms with Crippen LogP contribution < -0.4 is 5.32 Å². The van der Waals surface area contributed by atoms with Crippen LogP contribution in [0.15, 0.2) is 18.2 Å². The normalized spacial score (nSPS) is 17.0. The SMILES string of the molecule is Cc1ccc(CCNC(=O)C2(C(=O)O)CCOCC2)c(C)c1. The van der Waals surface area contributed by atoms with Gasteiger partial charge in [-0.3, -0.25) is 9.59 Å². The quantitative estimate of drug-likeness (QED) is 0.814. The van der Waals surface area contributed by atoms with E-state index >= 15 is 0 Å². The molecule has 0 aliphatic carbocycles. The summed E-state index contributed by atoms with van der Waals surface area (Å²) in [6.45, 7) is 5.16. The summed E-state index contributed by atoms with van der Waals surface area (Å²) in [6, 6.07) is 6.20. The number of benzene rings is 1. The van der Waals surface area contributed by atoms with Gasteiger partial charge in [0.05, 0.1) is 0 Å². The van der Waals surface area contributed by atoms with Crippen LogP contribution in [0.1, 0.15) is 29.5 Å². The zero-order valence-electron chi connectivity index (χ0n) is 13.1. The van der Waals surface area contributed by atoms with Crippen LogP contribution in [0.2, 0.25) is 0 Å². The first-order valence-corrected chi connectivity index (χ1v) is 7.61. The Morgan fingerprint density at radius 2 is 1.95 bits per heavy atom. The van der Waals surface area contributed by atoms with Gasteiger partial charge in [-0.25, -0.2) is 0 Å². The Morgan fingerprint density at radius 1 is 1.27 bits per heavy atom. The minimum absolute atomic E-state index is 0.234. The van der Waals surface area contributed by atoms with Gasteiger partial charge in [0.25, 0.3) is 0 Å². The van der Waals surface area contributed by atoms with Crippen molar-refractivity contribution in [2.75, 3.05) is 19.8 Å². The maximum absolute atomic E-state index is 12.3. The Balaban J connectivity index is 1.95. The smallest absolute Gasteiger partial charge is 0.319 e. The van der Waals surface area contributed by atoms with E-state index in [1.54, 1.807) is 0 Å². The zero-order chi connectivity index (χ0) is 16.2. The summed E-state index contributed by atoms with van der Waals surface area (Å²) in [4.78, 5) is 23.9. The molecule has 120 valence electrons. The largest absolute Gasteiger partial charge is 0.480 e. The van der Waals surface area contributed by atoms with Gasteiger partial charge in [-0.15, -0.1) is 0 Å². The Morgan fingerprint density at radius 3 is 2.55 bits per heavy atom. The first-order chi connectivity index (χ1) is 10.5. The van der Waals surface area contributed by atoms with Gasteiger partial charge in [0, 0.05) is 19.8 Å². The number of carboxylic acids is 1. The third-order valence-corrected chi connectivity index (χ3v) is 4.37. The van der Waals surface area contributed by atoms with Crippen molar-refractivity contribution < 1.29 is 19.4 Å². The Labute approximate surface area is 130 Å². The van der Waals surface area contributed by atoms with Crippen LogP contribution in [0.3, 0.4) is 0 Å². The fourth-order valence-corrected chi connectivity index (χ4v) is 2.86. The lowest BCUT2D eigenvalue weighted by molar-refractivity contribution is -0.162. The number of carboxylic acid groups (broad SMARTS) is 1. The summed E-state index contributed by atoms with van der Waals surface area (Å²) in [5, 5.41) is 12.2. The molecule has 0 aromatic heterocycles. The van der Waals surface area contributed by atoms with Gasteiger partial charge in [0.1, 0.15) is 0 Å². The van der Waals surface area contributed by atoms with E-state index in [-0.39, 0.29) is 12.8 Å². The third kappa shape index (κ3) is 3.47.